The fourth-order valence-corrected chi connectivity index (χ4v) is 2.73. The highest BCUT2D eigenvalue weighted by atomic mass is 32.2. The maximum Gasteiger partial charge on any atom is 0.229 e. The van der Waals surface area contributed by atoms with Gasteiger partial charge in [-0.2, -0.15) is 0 Å². The fraction of sp³-hybridized carbons (Fsp3) is 0.462. The Bertz CT molecular complexity index is 571. The third-order valence-corrected chi connectivity index (χ3v) is 3.76. The Morgan fingerprint density at radius 2 is 1.95 bits per heavy atom. The molecule has 19 heavy (non-hydrogen) atoms. The monoisotopic (exact) mass is 283 g/mol. The number of ketones is 1. The molecule has 1 aromatic carbocycles. The first-order chi connectivity index (χ1) is 8.80. The predicted molar refractivity (Wildman–Crippen MR) is 72.8 cm³/mol. The van der Waals surface area contributed by atoms with Gasteiger partial charge in [-0.05, 0) is 44.0 Å². The summed E-state index contributed by atoms with van der Waals surface area (Å²) in [6.07, 6.45) is 2.69. The standard InChI is InChI=1S/C13H17NO4S/c1-13(8-3-9-18-13)12(15)10-4-6-11(7-5-10)14-19(2,16)17/h4-7,14H,3,8-9H2,1-2H3. The van der Waals surface area contributed by atoms with E-state index in [2.05, 4.69) is 4.72 Å². The molecule has 1 atom stereocenters. The van der Waals surface area contributed by atoms with E-state index < -0.39 is 15.6 Å². The van der Waals surface area contributed by atoms with Crippen molar-refractivity contribution >= 4 is 21.5 Å². The van der Waals surface area contributed by atoms with Gasteiger partial charge in [0.1, 0.15) is 5.60 Å². The van der Waals surface area contributed by atoms with Gasteiger partial charge >= 0.3 is 0 Å². The summed E-state index contributed by atoms with van der Waals surface area (Å²) in [6.45, 7) is 2.40. The molecule has 1 N–H and O–H groups in total. The number of Topliss-reactive ketones (excluding diaryl/α,β-unsaturated/α-hetero) is 1. The number of anilines is 1. The van der Waals surface area contributed by atoms with Gasteiger partial charge in [-0.25, -0.2) is 8.42 Å². The van der Waals surface area contributed by atoms with E-state index in [4.69, 9.17) is 4.74 Å². The van der Waals surface area contributed by atoms with E-state index in [0.717, 1.165) is 19.1 Å². The van der Waals surface area contributed by atoms with E-state index in [-0.39, 0.29) is 5.78 Å². The average molecular weight is 283 g/mol. The van der Waals surface area contributed by atoms with Crippen LogP contribution in [0, 0.1) is 0 Å². The molecule has 1 heterocycles. The van der Waals surface area contributed by atoms with Crippen LogP contribution in [0.25, 0.3) is 0 Å². The molecule has 0 spiro atoms. The molecule has 0 radical (unpaired) electrons. The van der Waals surface area contributed by atoms with E-state index >= 15 is 0 Å². The number of ether oxygens (including phenoxy) is 1. The van der Waals surface area contributed by atoms with Gasteiger partial charge in [-0.15, -0.1) is 0 Å². The van der Waals surface area contributed by atoms with Crippen LogP contribution in [-0.4, -0.2) is 32.7 Å². The summed E-state index contributed by atoms with van der Waals surface area (Å²) in [7, 11) is -3.30. The van der Waals surface area contributed by atoms with Crippen LogP contribution < -0.4 is 4.72 Å². The highest BCUT2D eigenvalue weighted by Crippen LogP contribution is 2.29. The summed E-state index contributed by atoms with van der Waals surface area (Å²) in [5, 5.41) is 0. The van der Waals surface area contributed by atoms with E-state index in [9.17, 15) is 13.2 Å². The Morgan fingerprint density at radius 1 is 1.32 bits per heavy atom. The van der Waals surface area contributed by atoms with Crippen molar-refractivity contribution < 1.29 is 17.9 Å². The summed E-state index contributed by atoms with van der Waals surface area (Å²) >= 11 is 0. The maximum atomic E-state index is 12.3. The number of benzene rings is 1. The zero-order chi connectivity index (χ0) is 14.1. The minimum Gasteiger partial charge on any atom is -0.367 e. The summed E-state index contributed by atoms with van der Waals surface area (Å²) in [5.74, 6) is -0.0593. The molecule has 0 saturated carbocycles. The molecule has 6 heteroatoms. The quantitative estimate of drug-likeness (QED) is 0.855. The maximum absolute atomic E-state index is 12.3. The normalized spacial score (nSPS) is 23.3. The van der Waals surface area contributed by atoms with Crippen LogP contribution >= 0.6 is 0 Å². The molecule has 5 nitrogen and oxygen atoms in total. The Balaban J connectivity index is 2.16. The highest BCUT2D eigenvalue weighted by molar-refractivity contribution is 7.92. The Kier molecular flexibility index (Phi) is 3.64. The Morgan fingerprint density at radius 3 is 2.42 bits per heavy atom. The van der Waals surface area contributed by atoms with E-state index in [0.29, 0.717) is 17.9 Å². The molecule has 0 aliphatic carbocycles. The van der Waals surface area contributed by atoms with Gasteiger partial charge in [0.15, 0.2) is 5.78 Å². The topological polar surface area (TPSA) is 72.5 Å². The molecule has 104 valence electrons. The third-order valence-electron chi connectivity index (χ3n) is 3.15. The first kappa shape index (κ1) is 14.0. The van der Waals surface area contributed by atoms with Gasteiger partial charge in [0.2, 0.25) is 10.0 Å². The van der Waals surface area contributed by atoms with Crippen molar-refractivity contribution in [1.29, 1.82) is 0 Å². The van der Waals surface area contributed by atoms with Crippen LogP contribution in [0.5, 0.6) is 0 Å². The second kappa shape index (κ2) is 4.94. The first-order valence-electron chi connectivity index (χ1n) is 6.07. The van der Waals surface area contributed by atoms with Crippen LogP contribution in [0.15, 0.2) is 24.3 Å². The predicted octanol–water partition coefficient (Wildman–Crippen LogP) is 1.81. The van der Waals surface area contributed by atoms with Crippen molar-refractivity contribution in [3.8, 4) is 0 Å². The van der Waals surface area contributed by atoms with Gasteiger partial charge < -0.3 is 4.74 Å². The van der Waals surface area contributed by atoms with Crippen LogP contribution in [0.4, 0.5) is 5.69 Å². The molecule has 1 aliphatic rings. The summed E-state index contributed by atoms with van der Waals surface area (Å²) < 4.78 is 30.0. The molecule has 1 saturated heterocycles. The molecule has 1 aromatic rings. The molecule has 1 aliphatic heterocycles. The van der Waals surface area contributed by atoms with Crippen LogP contribution in [0.1, 0.15) is 30.1 Å². The molecule has 0 aromatic heterocycles. The minimum atomic E-state index is -3.30. The third kappa shape index (κ3) is 3.33. The second-order valence-electron chi connectivity index (χ2n) is 4.96. The van der Waals surface area contributed by atoms with E-state index in [1.165, 1.54) is 0 Å². The van der Waals surface area contributed by atoms with Gasteiger partial charge in [0, 0.05) is 17.9 Å². The van der Waals surface area contributed by atoms with Gasteiger partial charge in [0.25, 0.3) is 0 Å². The molecule has 1 fully saturated rings. The van der Waals surface area contributed by atoms with Crippen LogP contribution in [0.3, 0.4) is 0 Å². The molecular weight excluding hydrogens is 266 g/mol. The van der Waals surface area contributed by atoms with Crippen molar-refractivity contribution in [3.63, 3.8) is 0 Å². The highest BCUT2D eigenvalue weighted by Gasteiger charge is 2.37. The summed E-state index contributed by atoms with van der Waals surface area (Å²) in [5.41, 5.74) is 0.228. The van der Waals surface area contributed by atoms with Gasteiger partial charge in [0.05, 0.1) is 6.26 Å². The number of sulfonamides is 1. The van der Waals surface area contributed by atoms with Gasteiger partial charge in [-0.1, -0.05) is 0 Å². The number of hydrogen-bond donors (Lipinski definition) is 1. The lowest BCUT2D eigenvalue weighted by molar-refractivity contribution is 0.0213. The summed E-state index contributed by atoms with van der Waals surface area (Å²) in [4.78, 5) is 12.3. The number of nitrogens with one attached hydrogen (secondary N) is 1. The van der Waals surface area contributed by atoms with Crippen LogP contribution in [-0.2, 0) is 14.8 Å². The lowest BCUT2D eigenvalue weighted by Gasteiger charge is -2.21. The molecule has 0 amide bonds. The summed E-state index contributed by atoms with van der Waals surface area (Å²) in [6, 6.07) is 6.38. The largest absolute Gasteiger partial charge is 0.367 e. The lowest BCUT2D eigenvalue weighted by Crippen LogP contribution is -2.34. The molecule has 1 unspecified atom stereocenters. The SMILES string of the molecule is CC1(C(=O)c2ccc(NS(C)(=O)=O)cc2)CCCO1. The Labute approximate surface area is 113 Å². The number of hydrogen-bond acceptors (Lipinski definition) is 4. The van der Waals surface area contributed by atoms with Crippen molar-refractivity contribution in [1.82, 2.24) is 0 Å². The van der Waals surface area contributed by atoms with E-state index in [1.54, 1.807) is 31.2 Å². The van der Waals surface area contributed by atoms with Crippen molar-refractivity contribution in [2.45, 2.75) is 25.4 Å². The number of carbonyl (C=O) groups excluding carboxylic acids is 1. The Hall–Kier alpha value is -1.40. The lowest BCUT2D eigenvalue weighted by atomic mass is 9.92. The van der Waals surface area contributed by atoms with Crippen molar-refractivity contribution in [3.05, 3.63) is 29.8 Å². The molecule has 2 rings (SSSR count). The van der Waals surface area contributed by atoms with Gasteiger partial charge in [-0.3, -0.25) is 9.52 Å². The number of rotatable bonds is 4. The van der Waals surface area contributed by atoms with Crippen LogP contribution in [0.2, 0.25) is 0 Å². The molecule has 0 bridgehead atoms. The number of carbonyl (C=O) groups is 1. The van der Waals surface area contributed by atoms with E-state index in [1.807, 2.05) is 0 Å². The average Bonchev–Trinajstić information content (AvgIpc) is 2.75. The first-order valence-corrected chi connectivity index (χ1v) is 7.96. The zero-order valence-electron chi connectivity index (χ0n) is 11.0. The van der Waals surface area contributed by atoms with Crippen molar-refractivity contribution in [2.75, 3.05) is 17.6 Å². The zero-order valence-corrected chi connectivity index (χ0v) is 11.8. The smallest absolute Gasteiger partial charge is 0.229 e. The second-order valence-corrected chi connectivity index (χ2v) is 6.71. The fourth-order valence-electron chi connectivity index (χ4n) is 2.17. The molecular formula is C13H17NO4S. The minimum absolute atomic E-state index is 0.0593. The van der Waals surface area contributed by atoms with Crippen molar-refractivity contribution in [2.24, 2.45) is 0 Å².